The number of anilines is 1. The third-order valence-corrected chi connectivity index (χ3v) is 2.11. The Morgan fingerprint density at radius 2 is 1.75 bits per heavy atom. The summed E-state index contributed by atoms with van der Waals surface area (Å²) in [5.74, 6) is -0.640. The predicted molar refractivity (Wildman–Crippen MR) is 61.7 cm³/mol. The molecule has 0 fully saturated rings. The Hall–Kier alpha value is -1.84. The Labute approximate surface area is 94.8 Å². The van der Waals surface area contributed by atoms with Crippen LogP contribution in [0.25, 0.3) is 0 Å². The van der Waals surface area contributed by atoms with E-state index in [4.69, 9.17) is 0 Å². The largest absolute Gasteiger partial charge is 0.457 e. The van der Waals surface area contributed by atoms with E-state index < -0.39 is 5.97 Å². The van der Waals surface area contributed by atoms with Gasteiger partial charge in [0.15, 0.2) is 12.4 Å². The lowest BCUT2D eigenvalue weighted by molar-refractivity contribution is -0.139. The zero-order valence-corrected chi connectivity index (χ0v) is 9.69. The normalized spacial score (nSPS) is 9.69. The van der Waals surface area contributed by atoms with Crippen molar-refractivity contribution in [3.63, 3.8) is 0 Å². The Morgan fingerprint density at radius 3 is 2.19 bits per heavy atom. The maximum Gasteiger partial charge on any atom is 0.303 e. The molecule has 0 bridgehead atoms. The summed E-state index contributed by atoms with van der Waals surface area (Å²) < 4.78 is 4.64. The van der Waals surface area contributed by atoms with Gasteiger partial charge < -0.3 is 9.64 Å². The van der Waals surface area contributed by atoms with Gasteiger partial charge in [0.2, 0.25) is 0 Å². The second kappa shape index (κ2) is 5.30. The van der Waals surface area contributed by atoms with Crippen molar-refractivity contribution in [2.45, 2.75) is 6.92 Å². The number of hydrogen-bond donors (Lipinski definition) is 0. The minimum Gasteiger partial charge on any atom is -0.457 e. The number of ketones is 1. The highest BCUT2D eigenvalue weighted by atomic mass is 16.5. The fourth-order valence-corrected chi connectivity index (χ4v) is 1.20. The van der Waals surface area contributed by atoms with Crippen LogP contribution in [0.2, 0.25) is 0 Å². The summed E-state index contributed by atoms with van der Waals surface area (Å²) in [5, 5.41) is 0. The Bertz CT molecular complexity index is 382. The fourth-order valence-electron chi connectivity index (χ4n) is 1.20. The van der Waals surface area contributed by atoms with Crippen LogP contribution in [0.15, 0.2) is 24.3 Å². The van der Waals surface area contributed by atoms with E-state index in [9.17, 15) is 9.59 Å². The summed E-state index contributed by atoms with van der Waals surface area (Å²) in [6.45, 7) is 1.08. The molecule has 1 aromatic carbocycles. The van der Waals surface area contributed by atoms with Crippen molar-refractivity contribution in [2.75, 3.05) is 25.6 Å². The topological polar surface area (TPSA) is 46.6 Å². The second-order valence-corrected chi connectivity index (χ2v) is 3.64. The zero-order valence-electron chi connectivity index (χ0n) is 9.69. The van der Waals surface area contributed by atoms with Gasteiger partial charge in [0.25, 0.3) is 0 Å². The molecule has 0 atom stereocenters. The number of ether oxygens (including phenoxy) is 1. The minimum atomic E-state index is -0.446. The van der Waals surface area contributed by atoms with E-state index >= 15 is 0 Å². The van der Waals surface area contributed by atoms with Crippen LogP contribution in [0, 0.1) is 0 Å². The van der Waals surface area contributed by atoms with Gasteiger partial charge in [-0.1, -0.05) is 0 Å². The molecular formula is C12H15NO3. The van der Waals surface area contributed by atoms with Gasteiger partial charge >= 0.3 is 5.97 Å². The van der Waals surface area contributed by atoms with Crippen LogP contribution in [-0.2, 0) is 9.53 Å². The summed E-state index contributed by atoms with van der Waals surface area (Å²) in [7, 11) is 3.85. The molecule has 0 saturated heterocycles. The third-order valence-electron chi connectivity index (χ3n) is 2.11. The summed E-state index contributed by atoms with van der Waals surface area (Å²) in [6, 6.07) is 7.14. The molecule has 0 spiro atoms. The summed E-state index contributed by atoms with van der Waals surface area (Å²) >= 11 is 0. The van der Waals surface area contributed by atoms with E-state index in [-0.39, 0.29) is 12.4 Å². The lowest BCUT2D eigenvalue weighted by Crippen LogP contribution is -2.12. The van der Waals surface area contributed by atoms with Gasteiger partial charge in [0, 0.05) is 32.3 Å². The molecule has 0 saturated carbocycles. The minimum absolute atomic E-state index is 0.194. The first-order chi connectivity index (χ1) is 7.50. The van der Waals surface area contributed by atoms with Crippen LogP contribution in [0.1, 0.15) is 17.3 Å². The van der Waals surface area contributed by atoms with Gasteiger partial charge in [-0.25, -0.2) is 0 Å². The first kappa shape index (κ1) is 12.2. The van der Waals surface area contributed by atoms with Gasteiger partial charge in [-0.3, -0.25) is 9.59 Å². The second-order valence-electron chi connectivity index (χ2n) is 3.64. The average molecular weight is 221 g/mol. The van der Waals surface area contributed by atoms with Crippen molar-refractivity contribution in [1.82, 2.24) is 0 Å². The molecule has 86 valence electrons. The van der Waals surface area contributed by atoms with Gasteiger partial charge in [0.05, 0.1) is 0 Å². The molecule has 0 aliphatic heterocycles. The van der Waals surface area contributed by atoms with E-state index in [0.29, 0.717) is 5.56 Å². The van der Waals surface area contributed by atoms with Crippen molar-refractivity contribution in [3.8, 4) is 0 Å². The van der Waals surface area contributed by atoms with Gasteiger partial charge in [-0.2, -0.15) is 0 Å². The van der Waals surface area contributed by atoms with Gasteiger partial charge in [0.1, 0.15) is 0 Å². The van der Waals surface area contributed by atoms with Crippen molar-refractivity contribution >= 4 is 17.4 Å². The third kappa shape index (κ3) is 3.38. The molecule has 1 aromatic rings. The summed E-state index contributed by atoms with van der Waals surface area (Å²) in [6.07, 6.45) is 0. The maximum atomic E-state index is 11.5. The van der Waals surface area contributed by atoms with Gasteiger partial charge in [-0.05, 0) is 24.3 Å². The smallest absolute Gasteiger partial charge is 0.303 e. The lowest BCUT2D eigenvalue weighted by Gasteiger charge is -2.12. The molecular weight excluding hydrogens is 206 g/mol. The number of esters is 1. The molecule has 0 radical (unpaired) electrons. The lowest BCUT2D eigenvalue weighted by atomic mass is 10.1. The standard InChI is InChI=1S/C12H15NO3/c1-9(14)16-8-12(15)10-4-6-11(7-5-10)13(2)3/h4-7H,8H2,1-3H3. The highest BCUT2D eigenvalue weighted by molar-refractivity contribution is 5.98. The Kier molecular flexibility index (Phi) is 4.05. The number of nitrogens with zero attached hydrogens (tertiary/aromatic N) is 1. The van der Waals surface area contributed by atoms with Crippen LogP contribution < -0.4 is 4.90 Å². The monoisotopic (exact) mass is 221 g/mol. The average Bonchev–Trinajstić information content (AvgIpc) is 2.26. The quantitative estimate of drug-likeness (QED) is 0.571. The molecule has 0 amide bonds. The van der Waals surface area contributed by atoms with Crippen molar-refractivity contribution in [2.24, 2.45) is 0 Å². The molecule has 0 aliphatic carbocycles. The van der Waals surface area contributed by atoms with E-state index in [2.05, 4.69) is 4.74 Å². The summed E-state index contributed by atoms with van der Waals surface area (Å²) in [4.78, 5) is 24.0. The van der Waals surface area contributed by atoms with E-state index in [1.54, 1.807) is 12.1 Å². The number of carbonyl (C=O) groups excluding carboxylic acids is 2. The molecule has 0 N–H and O–H groups in total. The Morgan fingerprint density at radius 1 is 1.19 bits per heavy atom. The first-order valence-corrected chi connectivity index (χ1v) is 4.94. The van der Waals surface area contributed by atoms with Crippen molar-refractivity contribution in [3.05, 3.63) is 29.8 Å². The number of benzene rings is 1. The van der Waals surface area contributed by atoms with Crippen LogP contribution in [-0.4, -0.2) is 32.5 Å². The van der Waals surface area contributed by atoms with E-state index in [1.807, 2.05) is 31.1 Å². The van der Waals surface area contributed by atoms with Crippen molar-refractivity contribution < 1.29 is 14.3 Å². The number of carbonyl (C=O) groups is 2. The number of hydrogen-bond acceptors (Lipinski definition) is 4. The highest BCUT2D eigenvalue weighted by Gasteiger charge is 2.07. The number of Topliss-reactive ketones (excluding diaryl/α,β-unsaturated/α-hetero) is 1. The highest BCUT2D eigenvalue weighted by Crippen LogP contribution is 2.12. The SMILES string of the molecule is CC(=O)OCC(=O)c1ccc(N(C)C)cc1. The van der Waals surface area contributed by atoms with E-state index in [0.717, 1.165) is 5.69 Å². The fraction of sp³-hybridized carbons (Fsp3) is 0.333. The van der Waals surface area contributed by atoms with Crippen LogP contribution in [0.4, 0.5) is 5.69 Å². The molecule has 0 heterocycles. The van der Waals surface area contributed by atoms with Crippen molar-refractivity contribution in [1.29, 1.82) is 0 Å². The molecule has 0 aliphatic rings. The number of rotatable bonds is 4. The van der Waals surface area contributed by atoms with E-state index in [1.165, 1.54) is 6.92 Å². The van der Waals surface area contributed by atoms with Gasteiger partial charge in [-0.15, -0.1) is 0 Å². The molecule has 0 unspecified atom stereocenters. The Balaban J connectivity index is 2.66. The van der Waals surface area contributed by atoms with Crippen LogP contribution >= 0.6 is 0 Å². The first-order valence-electron chi connectivity index (χ1n) is 4.94. The maximum absolute atomic E-state index is 11.5. The molecule has 4 heteroatoms. The zero-order chi connectivity index (χ0) is 12.1. The molecule has 16 heavy (non-hydrogen) atoms. The van der Waals surface area contributed by atoms with Crippen LogP contribution in [0.3, 0.4) is 0 Å². The predicted octanol–water partition coefficient (Wildman–Crippen LogP) is 1.50. The van der Waals surface area contributed by atoms with Crippen LogP contribution in [0.5, 0.6) is 0 Å². The molecule has 4 nitrogen and oxygen atoms in total. The molecule has 1 rings (SSSR count). The molecule has 0 aromatic heterocycles. The summed E-state index contributed by atoms with van der Waals surface area (Å²) in [5.41, 5.74) is 1.57.